The van der Waals surface area contributed by atoms with Gasteiger partial charge in [0.15, 0.2) is 0 Å². The fraction of sp³-hybridized carbons (Fsp3) is 0.333. The number of rotatable bonds is 3. The molecule has 2 heterocycles. The van der Waals surface area contributed by atoms with Crippen LogP contribution in [-0.4, -0.2) is 37.2 Å². The number of anilines is 1. The van der Waals surface area contributed by atoms with Gasteiger partial charge in [-0.05, 0) is 31.3 Å². The predicted octanol–water partition coefficient (Wildman–Crippen LogP) is 2.06. The van der Waals surface area contributed by atoms with E-state index in [0.29, 0.717) is 29.4 Å². The van der Waals surface area contributed by atoms with Gasteiger partial charge in [0, 0.05) is 17.6 Å². The van der Waals surface area contributed by atoms with Gasteiger partial charge in [-0.2, -0.15) is 0 Å². The highest BCUT2D eigenvalue weighted by atomic mass is 35.5. The molecule has 21 heavy (non-hydrogen) atoms. The third-order valence-electron chi connectivity index (χ3n) is 3.76. The van der Waals surface area contributed by atoms with E-state index < -0.39 is 0 Å². The number of carbonyl (C=O) groups excluding carboxylic acids is 1. The van der Waals surface area contributed by atoms with E-state index in [2.05, 4.69) is 15.6 Å². The van der Waals surface area contributed by atoms with Crippen molar-refractivity contribution in [2.24, 2.45) is 5.92 Å². The molecule has 2 aromatic rings. The number of fused-ring (bicyclic) bond motifs is 1. The molecule has 6 heteroatoms. The van der Waals surface area contributed by atoms with Crippen molar-refractivity contribution in [2.75, 3.05) is 25.6 Å². The highest BCUT2D eigenvalue weighted by Gasteiger charge is 2.33. The molecule has 1 aromatic carbocycles. The molecule has 110 valence electrons. The van der Waals surface area contributed by atoms with Crippen LogP contribution in [0.2, 0.25) is 5.02 Å². The summed E-state index contributed by atoms with van der Waals surface area (Å²) in [6.07, 6.45) is 1.68. The van der Waals surface area contributed by atoms with Crippen molar-refractivity contribution in [3.63, 3.8) is 0 Å². The van der Waals surface area contributed by atoms with Gasteiger partial charge in [-0.1, -0.05) is 11.6 Å². The molecule has 1 aromatic heterocycles. The van der Waals surface area contributed by atoms with Gasteiger partial charge >= 0.3 is 0 Å². The molecule has 2 N–H and O–H groups in total. The number of likely N-dealkylation sites (N-methyl/N-ethyl adjacent to an activating group) is 1. The SMILES string of the molecule is CNC1COCC1C(=O)Nc1ccc(Cl)c2cccnc12. The van der Waals surface area contributed by atoms with Gasteiger partial charge in [0.2, 0.25) is 5.91 Å². The van der Waals surface area contributed by atoms with Crippen molar-refractivity contribution in [1.82, 2.24) is 10.3 Å². The minimum atomic E-state index is -0.204. The number of ether oxygens (including phenoxy) is 1. The van der Waals surface area contributed by atoms with E-state index in [1.165, 1.54) is 0 Å². The molecule has 1 saturated heterocycles. The zero-order valence-electron chi connectivity index (χ0n) is 11.6. The Balaban J connectivity index is 1.88. The number of nitrogens with zero attached hydrogens (tertiary/aromatic N) is 1. The van der Waals surface area contributed by atoms with Crippen LogP contribution >= 0.6 is 11.6 Å². The van der Waals surface area contributed by atoms with E-state index in [1.54, 1.807) is 18.3 Å². The molecule has 5 nitrogen and oxygen atoms in total. The second-order valence-corrected chi connectivity index (χ2v) is 5.43. The first-order valence-electron chi connectivity index (χ1n) is 6.80. The first-order valence-corrected chi connectivity index (χ1v) is 7.17. The van der Waals surface area contributed by atoms with Crippen LogP contribution in [0.4, 0.5) is 5.69 Å². The van der Waals surface area contributed by atoms with Crippen molar-refractivity contribution in [1.29, 1.82) is 0 Å². The Hall–Kier alpha value is -1.69. The molecule has 1 amide bonds. The third-order valence-corrected chi connectivity index (χ3v) is 4.09. The van der Waals surface area contributed by atoms with Crippen LogP contribution in [0.1, 0.15) is 0 Å². The average molecular weight is 306 g/mol. The van der Waals surface area contributed by atoms with E-state index in [-0.39, 0.29) is 17.9 Å². The van der Waals surface area contributed by atoms with Gasteiger partial charge in [-0.15, -0.1) is 0 Å². The summed E-state index contributed by atoms with van der Waals surface area (Å²) in [4.78, 5) is 16.7. The second-order valence-electron chi connectivity index (χ2n) is 5.02. The van der Waals surface area contributed by atoms with Crippen LogP contribution < -0.4 is 10.6 Å². The maximum absolute atomic E-state index is 12.4. The van der Waals surface area contributed by atoms with Crippen molar-refractivity contribution >= 4 is 34.1 Å². The van der Waals surface area contributed by atoms with Crippen molar-refractivity contribution in [3.05, 3.63) is 35.5 Å². The van der Waals surface area contributed by atoms with Gasteiger partial charge in [-0.3, -0.25) is 9.78 Å². The average Bonchev–Trinajstić information content (AvgIpc) is 2.99. The number of aromatic nitrogens is 1. The number of carbonyl (C=O) groups is 1. The summed E-state index contributed by atoms with van der Waals surface area (Å²) in [5, 5.41) is 7.49. The van der Waals surface area contributed by atoms with Gasteiger partial charge in [-0.25, -0.2) is 0 Å². The lowest BCUT2D eigenvalue weighted by Gasteiger charge is -2.17. The minimum Gasteiger partial charge on any atom is -0.379 e. The summed E-state index contributed by atoms with van der Waals surface area (Å²) in [7, 11) is 1.83. The standard InChI is InChI=1S/C15H16ClN3O2/c1-17-13-8-21-7-10(13)15(20)19-12-5-4-11(16)9-3-2-6-18-14(9)12/h2-6,10,13,17H,7-8H2,1H3,(H,19,20). The lowest BCUT2D eigenvalue weighted by Crippen LogP contribution is -2.39. The summed E-state index contributed by atoms with van der Waals surface area (Å²) in [5.74, 6) is -0.273. The first-order chi connectivity index (χ1) is 10.2. The number of hydrogen-bond acceptors (Lipinski definition) is 4. The van der Waals surface area contributed by atoms with E-state index >= 15 is 0 Å². The lowest BCUT2D eigenvalue weighted by molar-refractivity contribution is -0.120. The largest absolute Gasteiger partial charge is 0.379 e. The highest BCUT2D eigenvalue weighted by molar-refractivity contribution is 6.35. The van der Waals surface area contributed by atoms with Gasteiger partial charge in [0.1, 0.15) is 0 Å². The van der Waals surface area contributed by atoms with Crippen molar-refractivity contribution in [3.8, 4) is 0 Å². The molecule has 0 bridgehead atoms. The molecule has 0 radical (unpaired) electrons. The maximum Gasteiger partial charge on any atom is 0.231 e. The maximum atomic E-state index is 12.4. The van der Waals surface area contributed by atoms with Gasteiger partial charge in [0.25, 0.3) is 0 Å². The van der Waals surface area contributed by atoms with Crippen molar-refractivity contribution < 1.29 is 9.53 Å². The number of benzene rings is 1. The number of amides is 1. The van der Waals surface area contributed by atoms with E-state index in [9.17, 15) is 4.79 Å². The molecular weight excluding hydrogens is 290 g/mol. The zero-order chi connectivity index (χ0) is 14.8. The molecule has 0 spiro atoms. The Morgan fingerprint density at radius 1 is 1.38 bits per heavy atom. The molecular formula is C15H16ClN3O2. The summed E-state index contributed by atoms with van der Waals surface area (Å²) in [6.45, 7) is 0.977. The summed E-state index contributed by atoms with van der Waals surface area (Å²) < 4.78 is 5.37. The molecule has 3 rings (SSSR count). The molecule has 2 atom stereocenters. The summed E-state index contributed by atoms with van der Waals surface area (Å²) >= 11 is 6.16. The van der Waals surface area contributed by atoms with E-state index in [4.69, 9.17) is 16.3 Å². The quantitative estimate of drug-likeness (QED) is 0.911. The summed E-state index contributed by atoms with van der Waals surface area (Å²) in [6, 6.07) is 7.29. The van der Waals surface area contributed by atoms with E-state index in [1.807, 2.05) is 19.2 Å². The van der Waals surface area contributed by atoms with Crippen LogP contribution in [0, 0.1) is 5.92 Å². The minimum absolute atomic E-state index is 0.0384. The normalized spacial score (nSPS) is 21.6. The zero-order valence-corrected chi connectivity index (χ0v) is 12.4. The fourth-order valence-corrected chi connectivity index (χ4v) is 2.78. The van der Waals surface area contributed by atoms with Crippen LogP contribution in [-0.2, 0) is 9.53 Å². The van der Waals surface area contributed by atoms with Crippen molar-refractivity contribution in [2.45, 2.75) is 6.04 Å². The molecule has 0 aliphatic carbocycles. The second kappa shape index (κ2) is 5.97. The predicted molar refractivity (Wildman–Crippen MR) is 82.5 cm³/mol. The molecule has 1 fully saturated rings. The number of pyridine rings is 1. The Kier molecular flexibility index (Phi) is 4.05. The fourth-order valence-electron chi connectivity index (χ4n) is 2.56. The van der Waals surface area contributed by atoms with Crippen LogP contribution in [0.25, 0.3) is 10.9 Å². The lowest BCUT2D eigenvalue weighted by atomic mass is 10.0. The number of halogens is 1. The molecule has 1 aliphatic rings. The Labute approximate surface area is 127 Å². The Morgan fingerprint density at radius 3 is 3.05 bits per heavy atom. The smallest absolute Gasteiger partial charge is 0.231 e. The number of hydrogen-bond donors (Lipinski definition) is 2. The van der Waals surface area contributed by atoms with Crippen LogP contribution in [0.3, 0.4) is 0 Å². The Bertz CT molecular complexity index is 677. The van der Waals surface area contributed by atoms with Gasteiger partial charge in [0.05, 0.1) is 35.4 Å². The third kappa shape index (κ3) is 2.72. The first kappa shape index (κ1) is 14.3. The monoisotopic (exact) mass is 305 g/mol. The van der Waals surface area contributed by atoms with Gasteiger partial charge < -0.3 is 15.4 Å². The molecule has 2 unspecified atom stereocenters. The topological polar surface area (TPSA) is 63.2 Å². The highest BCUT2D eigenvalue weighted by Crippen LogP contribution is 2.28. The molecule has 0 saturated carbocycles. The van der Waals surface area contributed by atoms with Crippen LogP contribution in [0.5, 0.6) is 0 Å². The number of nitrogens with one attached hydrogen (secondary N) is 2. The molecule has 1 aliphatic heterocycles. The summed E-state index contributed by atoms with van der Waals surface area (Å²) in [5.41, 5.74) is 1.36. The van der Waals surface area contributed by atoms with Crippen LogP contribution in [0.15, 0.2) is 30.5 Å². The van der Waals surface area contributed by atoms with E-state index in [0.717, 1.165) is 5.39 Å². The Morgan fingerprint density at radius 2 is 2.24 bits per heavy atom.